The molecular formula is C29H34ClN3O7S. The fraction of sp³-hybridized carbons (Fsp3) is 0.345. The Morgan fingerprint density at radius 3 is 2.05 bits per heavy atom. The number of nitrogens with one attached hydrogen (secondary N) is 2. The van der Waals surface area contributed by atoms with Gasteiger partial charge in [0.05, 0.1) is 44.9 Å². The van der Waals surface area contributed by atoms with E-state index >= 15 is 0 Å². The highest BCUT2D eigenvalue weighted by molar-refractivity contribution is 7.12. The van der Waals surface area contributed by atoms with Gasteiger partial charge in [0.15, 0.2) is 11.5 Å². The standard InChI is InChI=1S/C29H34ClN3O7S/c1-29(2,3)32-28(36)25(17-13-21(38-5)26(40-7)22(14-17)39-6)33(18-10-11-20(37-4)19(30)15-18)24(34)16-31-27(35)23-9-8-12-41-23/h8-15,25H,16H2,1-7H3,(H,31,35)(H,32,36)/t25-/m0/s1. The summed E-state index contributed by atoms with van der Waals surface area (Å²) in [4.78, 5) is 42.4. The van der Waals surface area contributed by atoms with Crippen LogP contribution in [-0.2, 0) is 9.59 Å². The van der Waals surface area contributed by atoms with Crippen LogP contribution in [0, 0.1) is 0 Å². The van der Waals surface area contributed by atoms with Crippen molar-refractivity contribution in [1.29, 1.82) is 0 Å². The number of halogens is 1. The van der Waals surface area contributed by atoms with Gasteiger partial charge in [0.1, 0.15) is 11.8 Å². The zero-order valence-electron chi connectivity index (χ0n) is 24.0. The molecule has 12 heteroatoms. The number of amides is 3. The van der Waals surface area contributed by atoms with Crippen molar-refractivity contribution < 1.29 is 33.3 Å². The molecule has 0 fully saturated rings. The molecule has 0 spiro atoms. The molecule has 41 heavy (non-hydrogen) atoms. The van der Waals surface area contributed by atoms with Gasteiger partial charge in [-0.1, -0.05) is 17.7 Å². The molecule has 2 N–H and O–H groups in total. The number of thiophene rings is 1. The van der Waals surface area contributed by atoms with Crippen molar-refractivity contribution in [1.82, 2.24) is 10.6 Å². The molecule has 3 aromatic rings. The van der Waals surface area contributed by atoms with Crippen LogP contribution >= 0.6 is 22.9 Å². The monoisotopic (exact) mass is 603 g/mol. The van der Waals surface area contributed by atoms with Gasteiger partial charge < -0.3 is 29.6 Å². The van der Waals surface area contributed by atoms with E-state index in [2.05, 4.69) is 10.6 Å². The second kappa shape index (κ2) is 13.6. The van der Waals surface area contributed by atoms with Gasteiger partial charge in [-0.05, 0) is 68.1 Å². The number of methoxy groups -OCH3 is 4. The van der Waals surface area contributed by atoms with Crippen LogP contribution in [-0.4, -0.2) is 58.2 Å². The maximum atomic E-state index is 14.0. The van der Waals surface area contributed by atoms with Crippen molar-refractivity contribution in [3.8, 4) is 23.0 Å². The Morgan fingerprint density at radius 1 is 0.927 bits per heavy atom. The Kier molecular flexibility index (Phi) is 10.5. The molecular weight excluding hydrogens is 570 g/mol. The van der Waals surface area contributed by atoms with Gasteiger partial charge in [-0.15, -0.1) is 11.3 Å². The van der Waals surface area contributed by atoms with E-state index in [9.17, 15) is 14.4 Å². The number of benzene rings is 2. The molecule has 3 rings (SSSR count). The Hall–Kier alpha value is -3.96. The van der Waals surface area contributed by atoms with E-state index < -0.39 is 35.8 Å². The predicted molar refractivity (Wildman–Crippen MR) is 159 cm³/mol. The zero-order chi connectivity index (χ0) is 30.3. The van der Waals surface area contributed by atoms with Crippen LogP contribution in [0.1, 0.15) is 42.0 Å². The lowest BCUT2D eigenvalue weighted by atomic mass is 9.99. The summed E-state index contributed by atoms with van der Waals surface area (Å²) >= 11 is 7.70. The van der Waals surface area contributed by atoms with E-state index in [0.717, 1.165) is 0 Å². The highest BCUT2D eigenvalue weighted by atomic mass is 35.5. The minimum absolute atomic E-state index is 0.227. The third-order valence-electron chi connectivity index (χ3n) is 5.83. The van der Waals surface area contributed by atoms with Crippen LogP contribution < -0.4 is 34.5 Å². The molecule has 10 nitrogen and oxygen atoms in total. The predicted octanol–water partition coefficient (Wildman–Crippen LogP) is 4.85. The van der Waals surface area contributed by atoms with Gasteiger partial charge in [-0.25, -0.2) is 0 Å². The van der Waals surface area contributed by atoms with E-state index in [1.807, 2.05) is 20.8 Å². The summed E-state index contributed by atoms with van der Waals surface area (Å²) in [5, 5.41) is 7.60. The van der Waals surface area contributed by atoms with Crippen molar-refractivity contribution in [3.05, 3.63) is 63.3 Å². The molecule has 0 radical (unpaired) electrons. The van der Waals surface area contributed by atoms with Crippen molar-refractivity contribution in [2.75, 3.05) is 39.9 Å². The molecule has 0 saturated heterocycles. The number of carbonyl (C=O) groups is 3. The van der Waals surface area contributed by atoms with Crippen LogP contribution in [0.4, 0.5) is 5.69 Å². The second-order valence-electron chi connectivity index (χ2n) is 9.84. The molecule has 0 aliphatic rings. The van der Waals surface area contributed by atoms with Gasteiger partial charge in [0.25, 0.3) is 5.91 Å². The molecule has 1 atom stereocenters. The summed E-state index contributed by atoms with van der Waals surface area (Å²) in [7, 11) is 5.85. The van der Waals surface area contributed by atoms with Gasteiger partial charge >= 0.3 is 0 Å². The van der Waals surface area contributed by atoms with Crippen LogP contribution in [0.3, 0.4) is 0 Å². The molecule has 0 bridgehead atoms. The summed E-state index contributed by atoms with van der Waals surface area (Å²) in [5.41, 5.74) is 0.0235. The topological polar surface area (TPSA) is 115 Å². The van der Waals surface area contributed by atoms with Crippen molar-refractivity contribution in [2.24, 2.45) is 0 Å². The average molecular weight is 604 g/mol. The number of ether oxygens (including phenoxy) is 4. The summed E-state index contributed by atoms with van der Waals surface area (Å²) < 4.78 is 21.8. The molecule has 0 aliphatic heterocycles. The smallest absolute Gasteiger partial charge is 0.261 e. The van der Waals surface area contributed by atoms with E-state index in [0.29, 0.717) is 39.1 Å². The van der Waals surface area contributed by atoms with Crippen LogP contribution in [0.15, 0.2) is 47.8 Å². The van der Waals surface area contributed by atoms with Crippen LogP contribution in [0.2, 0.25) is 5.02 Å². The minimum Gasteiger partial charge on any atom is -0.495 e. The molecule has 220 valence electrons. The van der Waals surface area contributed by atoms with Crippen molar-refractivity contribution >= 4 is 46.3 Å². The average Bonchev–Trinajstić information content (AvgIpc) is 3.47. The van der Waals surface area contributed by atoms with Gasteiger partial charge in [-0.2, -0.15) is 0 Å². The lowest BCUT2D eigenvalue weighted by molar-refractivity contribution is -0.127. The molecule has 2 aromatic carbocycles. The number of carbonyl (C=O) groups excluding carboxylic acids is 3. The first-order valence-corrected chi connectivity index (χ1v) is 13.8. The van der Waals surface area contributed by atoms with Gasteiger partial charge in [0.2, 0.25) is 17.6 Å². The van der Waals surface area contributed by atoms with Gasteiger partial charge in [-0.3, -0.25) is 19.3 Å². The summed E-state index contributed by atoms with van der Waals surface area (Å²) in [5.74, 6) is -0.178. The third kappa shape index (κ3) is 7.62. The first-order chi connectivity index (χ1) is 19.4. The number of nitrogens with zero attached hydrogens (tertiary/aromatic N) is 1. The summed E-state index contributed by atoms with van der Waals surface area (Å²) in [6.07, 6.45) is 0. The maximum absolute atomic E-state index is 14.0. The van der Waals surface area contributed by atoms with Gasteiger partial charge in [0, 0.05) is 11.2 Å². The number of hydrogen-bond acceptors (Lipinski definition) is 8. The molecule has 1 aromatic heterocycles. The van der Waals surface area contributed by atoms with E-state index in [-0.39, 0.29) is 5.02 Å². The van der Waals surface area contributed by atoms with Crippen molar-refractivity contribution in [3.63, 3.8) is 0 Å². The fourth-order valence-electron chi connectivity index (χ4n) is 4.09. The molecule has 0 aliphatic carbocycles. The Morgan fingerprint density at radius 2 is 1.56 bits per heavy atom. The van der Waals surface area contributed by atoms with E-state index in [4.69, 9.17) is 30.5 Å². The first-order valence-electron chi connectivity index (χ1n) is 12.5. The van der Waals surface area contributed by atoms with E-state index in [1.54, 1.807) is 41.8 Å². The van der Waals surface area contributed by atoms with E-state index in [1.165, 1.54) is 50.7 Å². The lowest BCUT2D eigenvalue weighted by Gasteiger charge is -2.34. The molecule has 1 heterocycles. The van der Waals surface area contributed by atoms with Crippen molar-refractivity contribution in [2.45, 2.75) is 32.4 Å². The molecule has 0 unspecified atom stereocenters. The molecule has 0 saturated carbocycles. The zero-order valence-corrected chi connectivity index (χ0v) is 25.6. The highest BCUT2D eigenvalue weighted by Crippen LogP contribution is 2.42. The maximum Gasteiger partial charge on any atom is 0.261 e. The number of rotatable bonds is 11. The summed E-state index contributed by atoms with van der Waals surface area (Å²) in [6.45, 7) is 5.09. The normalized spacial score (nSPS) is 11.7. The third-order valence-corrected chi connectivity index (χ3v) is 7.00. The highest BCUT2D eigenvalue weighted by Gasteiger charge is 2.36. The lowest BCUT2D eigenvalue weighted by Crippen LogP contribution is -2.51. The minimum atomic E-state index is -1.24. The second-order valence-corrected chi connectivity index (χ2v) is 11.2. The Labute approximate surface area is 248 Å². The Balaban J connectivity index is 2.20. The first kappa shape index (κ1) is 31.6. The number of anilines is 1. The number of hydrogen-bond donors (Lipinski definition) is 2. The Bertz CT molecular complexity index is 1360. The SMILES string of the molecule is COc1ccc(N(C(=O)CNC(=O)c2cccs2)[C@H](C(=O)NC(C)(C)C)c2cc(OC)c(OC)c(OC)c2)cc1Cl. The van der Waals surface area contributed by atoms with Crippen LogP contribution in [0.25, 0.3) is 0 Å². The quantitative estimate of drug-likeness (QED) is 0.322. The fourth-order valence-corrected chi connectivity index (χ4v) is 4.99. The largest absolute Gasteiger partial charge is 0.495 e. The summed E-state index contributed by atoms with van der Waals surface area (Å²) in [6, 6.07) is 10.1. The molecule has 3 amide bonds. The van der Waals surface area contributed by atoms with Crippen LogP contribution in [0.5, 0.6) is 23.0 Å².